The van der Waals surface area contributed by atoms with Crippen LogP contribution in [0.5, 0.6) is 0 Å². The highest BCUT2D eigenvalue weighted by atomic mass is 19.1. The zero-order chi connectivity index (χ0) is 12.8. The third-order valence-corrected chi connectivity index (χ3v) is 3.48. The molecule has 2 rings (SSSR count). The van der Waals surface area contributed by atoms with E-state index in [0.29, 0.717) is 12.6 Å². The van der Waals surface area contributed by atoms with Crippen molar-refractivity contribution in [2.75, 3.05) is 19.6 Å². The van der Waals surface area contributed by atoms with Crippen LogP contribution in [0.2, 0.25) is 0 Å². The van der Waals surface area contributed by atoms with E-state index in [1.165, 1.54) is 45.1 Å². The van der Waals surface area contributed by atoms with Crippen LogP contribution in [-0.4, -0.2) is 35.6 Å². The van der Waals surface area contributed by atoms with Crippen LogP contribution in [-0.2, 0) is 6.54 Å². The van der Waals surface area contributed by atoms with E-state index in [1.807, 2.05) is 0 Å². The summed E-state index contributed by atoms with van der Waals surface area (Å²) in [5.41, 5.74) is 0.922. The lowest BCUT2D eigenvalue weighted by Crippen LogP contribution is -2.42. The van der Waals surface area contributed by atoms with E-state index < -0.39 is 0 Å². The summed E-state index contributed by atoms with van der Waals surface area (Å²) in [5.74, 6) is -0.257. The van der Waals surface area contributed by atoms with Gasteiger partial charge in [-0.05, 0) is 50.5 Å². The van der Waals surface area contributed by atoms with Gasteiger partial charge in [0, 0.05) is 18.8 Å². The first-order valence-corrected chi connectivity index (χ1v) is 6.83. The molecular weight excluding hydrogens is 229 g/mol. The van der Waals surface area contributed by atoms with E-state index in [2.05, 4.69) is 22.1 Å². The Morgan fingerprint density at radius 3 is 2.83 bits per heavy atom. The standard InChI is InChI=1S/C14H22FN3/c1-2-5-18-6-3-14(4-7-18)17-10-12-8-13(15)11-16-9-12/h8-9,11,14,17H,2-7,10H2,1H3. The van der Waals surface area contributed by atoms with Gasteiger partial charge in [0.1, 0.15) is 5.82 Å². The van der Waals surface area contributed by atoms with Crippen LogP contribution in [0.4, 0.5) is 4.39 Å². The number of aromatic nitrogens is 1. The van der Waals surface area contributed by atoms with Gasteiger partial charge in [0.15, 0.2) is 0 Å². The minimum Gasteiger partial charge on any atom is -0.310 e. The summed E-state index contributed by atoms with van der Waals surface area (Å²) in [6.45, 7) is 6.49. The minimum absolute atomic E-state index is 0.257. The van der Waals surface area contributed by atoms with Crippen molar-refractivity contribution in [3.8, 4) is 0 Å². The van der Waals surface area contributed by atoms with Gasteiger partial charge < -0.3 is 10.2 Å². The lowest BCUT2D eigenvalue weighted by atomic mass is 10.0. The normalized spacial score (nSPS) is 18.1. The number of nitrogens with zero attached hydrogens (tertiary/aromatic N) is 2. The molecule has 18 heavy (non-hydrogen) atoms. The maximum atomic E-state index is 13.0. The van der Waals surface area contributed by atoms with Crippen LogP contribution < -0.4 is 5.32 Å². The summed E-state index contributed by atoms with van der Waals surface area (Å²) >= 11 is 0. The quantitative estimate of drug-likeness (QED) is 0.869. The van der Waals surface area contributed by atoms with E-state index in [0.717, 1.165) is 5.56 Å². The average molecular weight is 251 g/mol. The molecule has 2 heterocycles. The first kappa shape index (κ1) is 13.4. The Labute approximate surface area is 108 Å². The second kappa shape index (κ2) is 6.81. The highest BCUT2D eigenvalue weighted by Crippen LogP contribution is 2.11. The maximum absolute atomic E-state index is 13.0. The minimum atomic E-state index is -0.257. The predicted octanol–water partition coefficient (Wildman–Crippen LogP) is 2.18. The van der Waals surface area contributed by atoms with Crippen molar-refractivity contribution in [1.82, 2.24) is 15.2 Å². The molecule has 1 fully saturated rings. The van der Waals surface area contributed by atoms with E-state index in [9.17, 15) is 4.39 Å². The fourth-order valence-corrected chi connectivity index (χ4v) is 2.49. The molecule has 1 N–H and O–H groups in total. The molecule has 3 nitrogen and oxygen atoms in total. The molecule has 0 aliphatic carbocycles. The third kappa shape index (κ3) is 4.03. The van der Waals surface area contributed by atoms with Crippen LogP contribution in [0, 0.1) is 5.82 Å². The van der Waals surface area contributed by atoms with Crippen LogP contribution in [0.25, 0.3) is 0 Å². The lowest BCUT2D eigenvalue weighted by molar-refractivity contribution is 0.197. The first-order chi connectivity index (χ1) is 8.78. The maximum Gasteiger partial charge on any atom is 0.141 e. The molecule has 0 spiro atoms. The Kier molecular flexibility index (Phi) is 5.08. The van der Waals surface area contributed by atoms with Crippen molar-refractivity contribution in [2.45, 2.75) is 38.8 Å². The summed E-state index contributed by atoms with van der Waals surface area (Å²) in [4.78, 5) is 6.38. The summed E-state index contributed by atoms with van der Waals surface area (Å²) in [6.07, 6.45) is 6.56. The van der Waals surface area contributed by atoms with E-state index in [-0.39, 0.29) is 5.82 Å². The lowest BCUT2D eigenvalue weighted by Gasteiger charge is -2.32. The van der Waals surface area contributed by atoms with Crippen molar-refractivity contribution in [1.29, 1.82) is 0 Å². The second-order valence-electron chi connectivity index (χ2n) is 5.01. The number of likely N-dealkylation sites (tertiary alicyclic amines) is 1. The SMILES string of the molecule is CCCN1CCC(NCc2cncc(F)c2)CC1. The number of piperidine rings is 1. The number of rotatable bonds is 5. The van der Waals surface area contributed by atoms with Crippen molar-refractivity contribution in [2.24, 2.45) is 0 Å². The van der Waals surface area contributed by atoms with E-state index in [1.54, 1.807) is 12.3 Å². The van der Waals surface area contributed by atoms with Crippen molar-refractivity contribution in [3.05, 3.63) is 29.8 Å². The van der Waals surface area contributed by atoms with Crippen LogP contribution in [0.1, 0.15) is 31.7 Å². The number of pyridine rings is 1. The smallest absolute Gasteiger partial charge is 0.141 e. The molecule has 0 unspecified atom stereocenters. The molecule has 0 radical (unpaired) electrons. The number of nitrogens with one attached hydrogen (secondary N) is 1. The fourth-order valence-electron chi connectivity index (χ4n) is 2.49. The molecule has 0 amide bonds. The molecule has 1 aromatic rings. The summed E-state index contributed by atoms with van der Waals surface area (Å²) in [5, 5.41) is 3.49. The predicted molar refractivity (Wildman–Crippen MR) is 70.8 cm³/mol. The molecule has 0 bridgehead atoms. The second-order valence-corrected chi connectivity index (χ2v) is 5.01. The zero-order valence-electron chi connectivity index (χ0n) is 11.0. The summed E-state index contributed by atoms with van der Waals surface area (Å²) < 4.78 is 13.0. The molecule has 0 atom stereocenters. The average Bonchev–Trinajstić information content (AvgIpc) is 2.38. The molecule has 0 aromatic carbocycles. The number of hydrogen-bond donors (Lipinski definition) is 1. The Morgan fingerprint density at radius 1 is 1.39 bits per heavy atom. The Hall–Kier alpha value is -1.00. The third-order valence-electron chi connectivity index (χ3n) is 3.48. The van der Waals surface area contributed by atoms with Gasteiger partial charge in [-0.25, -0.2) is 4.39 Å². The van der Waals surface area contributed by atoms with Crippen LogP contribution >= 0.6 is 0 Å². The molecule has 1 saturated heterocycles. The highest BCUT2D eigenvalue weighted by molar-refractivity contribution is 5.09. The van der Waals surface area contributed by atoms with E-state index in [4.69, 9.17) is 0 Å². The summed E-state index contributed by atoms with van der Waals surface area (Å²) in [6, 6.07) is 2.10. The van der Waals surface area contributed by atoms with Crippen LogP contribution in [0.3, 0.4) is 0 Å². The topological polar surface area (TPSA) is 28.2 Å². The van der Waals surface area contributed by atoms with Crippen molar-refractivity contribution < 1.29 is 4.39 Å². The monoisotopic (exact) mass is 251 g/mol. The fraction of sp³-hybridized carbons (Fsp3) is 0.643. The molecule has 1 aromatic heterocycles. The molecule has 0 saturated carbocycles. The number of hydrogen-bond acceptors (Lipinski definition) is 3. The Balaban J connectivity index is 1.72. The molecule has 4 heteroatoms. The van der Waals surface area contributed by atoms with Gasteiger partial charge in [0.2, 0.25) is 0 Å². The van der Waals surface area contributed by atoms with Gasteiger partial charge in [0.05, 0.1) is 6.20 Å². The van der Waals surface area contributed by atoms with E-state index >= 15 is 0 Å². The van der Waals surface area contributed by atoms with Crippen molar-refractivity contribution >= 4 is 0 Å². The Bertz CT molecular complexity index is 362. The molecule has 1 aliphatic rings. The first-order valence-electron chi connectivity index (χ1n) is 6.83. The number of halogens is 1. The van der Waals surface area contributed by atoms with Crippen molar-refractivity contribution in [3.63, 3.8) is 0 Å². The highest BCUT2D eigenvalue weighted by Gasteiger charge is 2.17. The molecule has 100 valence electrons. The van der Waals surface area contributed by atoms with Gasteiger partial charge in [-0.15, -0.1) is 0 Å². The summed E-state index contributed by atoms with van der Waals surface area (Å²) in [7, 11) is 0. The zero-order valence-corrected chi connectivity index (χ0v) is 11.0. The van der Waals surface area contributed by atoms with Gasteiger partial charge >= 0.3 is 0 Å². The van der Waals surface area contributed by atoms with Crippen LogP contribution in [0.15, 0.2) is 18.5 Å². The Morgan fingerprint density at radius 2 is 2.17 bits per heavy atom. The molecular formula is C14H22FN3. The van der Waals surface area contributed by atoms with Gasteiger partial charge in [0.25, 0.3) is 0 Å². The largest absolute Gasteiger partial charge is 0.310 e. The molecule has 1 aliphatic heterocycles. The van der Waals surface area contributed by atoms with Gasteiger partial charge in [-0.1, -0.05) is 6.92 Å². The van der Waals surface area contributed by atoms with Gasteiger partial charge in [-0.2, -0.15) is 0 Å². The van der Waals surface area contributed by atoms with Gasteiger partial charge in [-0.3, -0.25) is 4.98 Å².